The maximum Gasteiger partial charge on any atom is 0.401 e. The molecular formula is C63H112ClN11O14. The number of hydrogen-bond acceptors (Lipinski definition) is 13. The van der Waals surface area contributed by atoms with Crippen LogP contribution in [0, 0.1) is 41.4 Å². The molecule has 1 heterocycles. The Bertz CT molecular complexity index is 2440. The minimum absolute atomic E-state index is 0.0229. The molecule has 1 aliphatic heterocycles. The summed E-state index contributed by atoms with van der Waals surface area (Å²) in [5, 5.41) is 30.2. The second-order valence-electron chi connectivity index (χ2n) is 26.3. The van der Waals surface area contributed by atoms with Crippen LogP contribution in [0.4, 0.5) is 4.79 Å². The Morgan fingerprint density at radius 1 is 0.506 bits per heavy atom. The van der Waals surface area contributed by atoms with E-state index in [2.05, 4.69) is 32.9 Å². The lowest BCUT2D eigenvalue weighted by atomic mass is 9.91. The lowest BCUT2D eigenvalue weighted by molar-refractivity contribution is -0.157. The number of likely N-dealkylation sites (N-methyl/N-ethyl adjacent to an activating group) is 7. The van der Waals surface area contributed by atoms with Crippen LogP contribution in [0.3, 0.4) is 0 Å². The van der Waals surface area contributed by atoms with Gasteiger partial charge in [-0.15, -0.1) is 0 Å². The van der Waals surface area contributed by atoms with Gasteiger partial charge in [0.2, 0.25) is 65.0 Å². The number of nitrogens with zero attached hydrogens (tertiary/aromatic N) is 7. The number of carboxylic acid groups (broad SMARTS) is 1. The summed E-state index contributed by atoms with van der Waals surface area (Å²) in [5.74, 6) is -9.71. The van der Waals surface area contributed by atoms with Crippen molar-refractivity contribution >= 4 is 82.0 Å². The fourth-order valence-electron chi connectivity index (χ4n) is 10.7. The first-order valence-corrected chi connectivity index (χ1v) is 31.6. The second-order valence-corrected chi connectivity index (χ2v) is 26.7. The fraction of sp³-hybridized carbons (Fsp3) is 0.778. The third-order valence-electron chi connectivity index (χ3n) is 16.1. The van der Waals surface area contributed by atoms with E-state index in [0.717, 1.165) is 9.80 Å². The van der Waals surface area contributed by atoms with E-state index in [-0.39, 0.29) is 55.8 Å². The van der Waals surface area contributed by atoms with E-state index in [4.69, 9.17) is 9.90 Å². The highest BCUT2D eigenvalue weighted by Crippen LogP contribution is 2.26. The van der Waals surface area contributed by atoms with Crippen molar-refractivity contribution < 1.29 is 67.7 Å². The van der Waals surface area contributed by atoms with Gasteiger partial charge >= 0.3 is 5.43 Å². The molecule has 0 spiro atoms. The highest BCUT2D eigenvalue weighted by molar-refractivity contribution is 6.60. The van der Waals surface area contributed by atoms with Crippen molar-refractivity contribution in [1.29, 1.82) is 0 Å². The first-order chi connectivity index (χ1) is 40.9. The van der Waals surface area contributed by atoms with Crippen LogP contribution in [0.1, 0.15) is 156 Å². The van der Waals surface area contributed by atoms with Gasteiger partial charge in [-0.05, 0) is 101 Å². The Hall–Kier alpha value is -6.37. The van der Waals surface area contributed by atoms with Crippen molar-refractivity contribution in [3.8, 4) is 0 Å². The van der Waals surface area contributed by atoms with E-state index in [1.807, 2.05) is 61.5 Å². The molecule has 0 aromatic carbocycles. The highest BCUT2D eigenvalue weighted by Gasteiger charge is 2.45. The van der Waals surface area contributed by atoms with Crippen LogP contribution in [0.2, 0.25) is 0 Å². The normalized spacial score (nSPS) is 26.0. The molecule has 89 heavy (non-hydrogen) atoms. The molecule has 1 saturated heterocycles. The molecule has 26 heteroatoms. The van der Waals surface area contributed by atoms with Gasteiger partial charge in [-0.2, -0.15) is 0 Å². The number of nitrogens with one attached hydrogen (secondary N) is 4. The average Bonchev–Trinajstić information content (AvgIpc) is 0.999. The van der Waals surface area contributed by atoms with Gasteiger partial charge < -0.3 is 65.8 Å². The van der Waals surface area contributed by atoms with Crippen molar-refractivity contribution in [1.82, 2.24) is 55.6 Å². The predicted molar refractivity (Wildman–Crippen MR) is 342 cm³/mol. The smallest absolute Gasteiger partial charge is 0.401 e. The van der Waals surface area contributed by atoms with E-state index in [0.29, 0.717) is 6.42 Å². The number of carbonyl (C=O) groups is 12. The monoisotopic (exact) mass is 1280 g/mol. The molecular weight excluding hydrogens is 1170 g/mol. The maximum absolute atomic E-state index is 15.1. The lowest BCUT2D eigenvalue weighted by Crippen LogP contribution is -2.63. The Kier molecular flexibility index (Phi) is 35.6. The number of amides is 11. The summed E-state index contributed by atoms with van der Waals surface area (Å²) in [6, 6.07) is -12.3. The zero-order valence-electron chi connectivity index (χ0n) is 57.8. The number of carbonyl (C=O) groups excluding carboxylic acids is 11. The largest absolute Gasteiger partial charge is 0.469 e. The van der Waals surface area contributed by atoms with Crippen molar-refractivity contribution in [2.45, 2.75) is 223 Å². The van der Waals surface area contributed by atoms with Crippen molar-refractivity contribution in [3.63, 3.8) is 0 Å². The summed E-state index contributed by atoms with van der Waals surface area (Å²) in [5.41, 5.74) is -1.36. The van der Waals surface area contributed by atoms with E-state index in [9.17, 15) is 48.3 Å². The van der Waals surface area contributed by atoms with Crippen LogP contribution in [0.15, 0.2) is 12.2 Å². The van der Waals surface area contributed by atoms with Gasteiger partial charge in [0.05, 0.1) is 12.6 Å². The molecule has 1 aliphatic rings. The Morgan fingerprint density at radius 2 is 0.899 bits per heavy atom. The molecule has 0 radical (unpaired) electrons. The Morgan fingerprint density at radius 3 is 1.33 bits per heavy atom. The van der Waals surface area contributed by atoms with Gasteiger partial charge in [0.1, 0.15) is 60.4 Å². The summed E-state index contributed by atoms with van der Waals surface area (Å²) in [6.07, 6.45) is 3.04. The molecule has 0 bridgehead atoms. The third-order valence-corrected chi connectivity index (χ3v) is 16.1. The summed E-state index contributed by atoms with van der Waals surface area (Å²) in [4.78, 5) is 177. The summed E-state index contributed by atoms with van der Waals surface area (Å²) in [7, 11) is 9.92. The van der Waals surface area contributed by atoms with Crippen LogP contribution < -0.4 is 21.3 Å². The van der Waals surface area contributed by atoms with Crippen molar-refractivity contribution in [2.24, 2.45) is 41.4 Å². The summed E-state index contributed by atoms with van der Waals surface area (Å²) < 4.78 is 0. The molecule has 0 aromatic heterocycles. The molecule has 0 saturated carbocycles. The molecule has 0 unspecified atom stereocenters. The van der Waals surface area contributed by atoms with Gasteiger partial charge in [-0.25, -0.2) is 4.79 Å². The van der Waals surface area contributed by atoms with Gasteiger partial charge in [-0.1, -0.05) is 109 Å². The zero-order chi connectivity index (χ0) is 69.6. The summed E-state index contributed by atoms with van der Waals surface area (Å²) in [6.45, 7) is 29.3. The Balaban J connectivity index is 0.0000187. The zero-order valence-corrected chi connectivity index (χ0v) is 58.6. The third kappa shape index (κ3) is 25.1. The first kappa shape index (κ1) is 82.6. The number of rotatable bonds is 15. The second kappa shape index (κ2) is 38.4. The van der Waals surface area contributed by atoms with Crippen LogP contribution in [0.25, 0.3) is 0 Å². The minimum Gasteiger partial charge on any atom is -0.469 e. The van der Waals surface area contributed by atoms with Crippen molar-refractivity contribution in [3.05, 3.63) is 12.2 Å². The number of allylic oxidation sites excluding steroid dienone is 2. The summed E-state index contributed by atoms with van der Waals surface area (Å²) >= 11 is 4.19. The number of halogens is 1. The Labute approximate surface area is 535 Å². The SMILES string of the molecule is C/C=C/C[C@@H](C)[C@@H](O)[C@H]1C(=O)N[C@@H](CC)C(=O)N(C)CC(=O)N(C)[C@@H](CC(C)C)C(=O)N[C@@H](C(C)C)C(=O)N(C)[C@@H](CC(C)C)C(=O)N[C@@H](C)C(=O)N[C@H](C)C(=O)N(C)[C@@H](CC(C)C)C(=O)N(C)[C@@H](CC(C)C)C(=O)N(C)[C@@H](C(C)C)C(=O)N1C.O=C(O)Cl. The molecule has 25 nitrogen and oxygen atoms in total. The fourth-order valence-corrected chi connectivity index (χ4v) is 10.7. The van der Waals surface area contributed by atoms with Crippen LogP contribution in [-0.2, 0) is 52.7 Å². The van der Waals surface area contributed by atoms with Gasteiger partial charge in [-0.3, -0.25) is 52.7 Å². The molecule has 0 aliphatic carbocycles. The van der Waals surface area contributed by atoms with E-state index in [1.165, 1.54) is 87.7 Å². The molecule has 510 valence electrons. The average molecular weight is 1280 g/mol. The van der Waals surface area contributed by atoms with Gasteiger partial charge in [0.15, 0.2) is 0 Å². The first-order valence-electron chi connectivity index (χ1n) is 31.2. The van der Waals surface area contributed by atoms with Gasteiger partial charge in [0, 0.05) is 60.9 Å². The van der Waals surface area contributed by atoms with E-state index in [1.54, 1.807) is 54.5 Å². The van der Waals surface area contributed by atoms with Crippen LogP contribution >= 0.6 is 11.6 Å². The highest BCUT2D eigenvalue weighted by atomic mass is 35.5. The molecule has 11 amide bonds. The van der Waals surface area contributed by atoms with Crippen LogP contribution in [-0.4, -0.2) is 237 Å². The predicted octanol–water partition coefficient (Wildman–Crippen LogP) is 4.17. The van der Waals surface area contributed by atoms with E-state index < -0.39 is 161 Å². The molecule has 1 rings (SSSR count). The number of hydrogen-bond donors (Lipinski definition) is 6. The number of aliphatic hydroxyl groups is 1. The topological polar surface area (TPSA) is 316 Å². The quantitative estimate of drug-likeness (QED) is 0.0991. The molecule has 0 aromatic rings. The molecule has 1 fully saturated rings. The molecule has 12 atom stereocenters. The lowest BCUT2D eigenvalue weighted by Gasteiger charge is -2.41. The van der Waals surface area contributed by atoms with E-state index >= 15 is 9.59 Å². The van der Waals surface area contributed by atoms with Gasteiger partial charge in [0.25, 0.3) is 0 Å². The van der Waals surface area contributed by atoms with Crippen molar-refractivity contribution in [2.75, 3.05) is 55.9 Å². The minimum atomic E-state index is -1.61. The standard InChI is InChI=1S/C62H111N11O12.CHClO2/c1-25-27-28-40(15)52(75)51-56(79)65-43(26-2)58(81)67(18)33-48(74)68(19)44(29-34(3)4)55(78)66-49(38(11)12)61(84)69(20)45(30-35(5)6)54(77)63-41(16)53(76)64-42(17)57(80)70(21)46(31-36(7)8)59(82)71(22)47(32-37(9)10)60(83)72(23)50(39(13)14)62(85)73(51)24;2-1(3)4/h25,27,34-47,49-52,75H,26,28-33H2,1-24H3,(H,63,77)(H,64,76)(H,65,79)(H,66,78);(H,3,4)/b27-25+;/t40-,41+,42-,43+,44+,45+,46+,47+,49+,50+,51+,52-;/m1./s1. The maximum atomic E-state index is 15.1. The van der Waals surface area contributed by atoms with Crippen LogP contribution in [0.5, 0.6) is 0 Å². The number of aliphatic hydroxyl groups excluding tert-OH is 1. The molecule has 6 N–H and O–H groups in total.